The van der Waals surface area contributed by atoms with Gasteiger partial charge in [-0.25, -0.2) is 9.55 Å². The summed E-state index contributed by atoms with van der Waals surface area (Å²) in [4.78, 5) is 59.6. The van der Waals surface area contributed by atoms with E-state index in [9.17, 15) is 24.3 Å². The van der Waals surface area contributed by atoms with Crippen molar-refractivity contribution in [3.05, 3.63) is 51.7 Å². The number of nitrogens with two attached hydrogens (primary N) is 1. The van der Waals surface area contributed by atoms with Gasteiger partial charge in [-0.3, -0.25) is 19.3 Å². The number of thioether (sulfide) groups is 1. The Morgan fingerprint density at radius 1 is 1.46 bits per heavy atom. The van der Waals surface area contributed by atoms with E-state index in [-0.39, 0.29) is 28.8 Å². The number of rotatable bonds is 8. The van der Waals surface area contributed by atoms with Gasteiger partial charge < -0.3 is 25.8 Å². The number of nitrogen functional groups attached to an aromatic ring is 1. The van der Waals surface area contributed by atoms with Gasteiger partial charge in [0.15, 0.2) is 36.1 Å². The number of β-lactam (4-membered cyclic amide) rings is 1. The average molecular weight is 559 g/mol. The normalized spacial score (nSPS) is 19.4. The third-order valence-corrected chi connectivity index (χ3v) is 8.77. The van der Waals surface area contributed by atoms with Crippen LogP contribution in [0.3, 0.4) is 0 Å². The first-order valence-electron chi connectivity index (χ1n) is 10.7. The lowest BCUT2D eigenvalue weighted by Gasteiger charge is -2.50. The molecule has 5 rings (SSSR count). The number of aliphatic carboxylic acids is 1. The molecular formula is C22H18N6O6S3. The maximum atomic E-state index is 13.0. The van der Waals surface area contributed by atoms with Gasteiger partial charge in [0.25, 0.3) is 11.8 Å². The van der Waals surface area contributed by atoms with Crippen LogP contribution in [-0.2, 0) is 25.8 Å². The second-order valence-electron chi connectivity index (χ2n) is 8.00. The Hall–Kier alpha value is -3.82. The second kappa shape index (κ2) is 9.91. The number of oxime groups is 1. The van der Waals surface area contributed by atoms with Crippen LogP contribution in [0.4, 0.5) is 5.13 Å². The van der Waals surface area contributed by atoms with Gasteiger partial charge in [0.05, 0.1) is 21.9 Å². The zero-order valence-corrected chi connectivity index (χ0v) is 21.5. The van der Waals surface area contributed by atoms with Gasteiger partial charge in [0, 0.05) is 27.5 Å². The number of aromatic nitrogens is 2. The van der Waals surface area contributed by atoms with E-state index in [4.69, 9.17) is 10.6 Å². The minimum Gasteiger partial charge on any atom is -0.543 e. The number of hydrogen-bond donors (Lipinski definition) is 2. The highest BCUT2D eigenvalue weighted by Crippen LogP contribution is 2.40. The number of fused-ring (bicyclic) bond motifs is 2. The standard InChI is InChI=1S/C22H18N6O6S3/c1-34-26-15(13-9-36-22(23)24-13)18(30)25-16-19(31)28-17(21(32)33)11(8-35-20(16)28)6-27-3-2-14-10(5-27)4-12(7-29)37-14/h2-5,7,9,16,20H,6,8H2,1H3,(H3-,23,24,25,30,32,33)/b26-15-/t16?,20-/m1/s1. The predicted molar refractivity (Wildman–Crippen MR) is 135 cm³/mol. The Kier molecular flexibility index (Phi) is 6.66. The van der Waals surface area contributed by atoms with Crippen molar-refractivity contribution in [3.8, 4) is 0 Å². The number of nitrogens with zero attached hydrogens (tertiary/aromatic N) is 4. The highest BCUT2D eigenvalue weighted by molar-refractivity contribution is 8.00. The molecule has 0 spiro atoms. The van der Waals surface area contributed by atoms with Crippen LogP contribution in [0.25, 0.3) is 10.1 Å². The van der Waals surface area contributed by atoms with E-state index in [0.717, 1.165) is 32.6 Å². The molecule has 12 nitrogen and oxygen atoms in total. The smallest absolute Gasteiger partial charge is 0.276 e. The Morgan fingerprint density at radius 2 is 2.27 bits per heavy atom. The van der Waals surface area contributed by atoms with Crippen molar-refractivity contribution in [1.82, 2.24) is 15.2 Å². The molecule has 1 unspecified atom stereocenters. The van der Waals surface area contributed by atoms with Crippen molar-refractivity contribution in [1.29, 1.82) is 0 Å². The fraction of sp³-hybridized carbons (Fsp3) is 0.227. The molecule has 1 fully saturated rings. The van der Waals surface area contributed by atoms with E-state index in [1.165, 1.54) is 35.6 Å². The summed E-state index contributed by atoms with van der Waals surface area (Å²) < 4.78 is 2.72. The summed E-state index contributed by atoms with van der Waals surface area (Å²) >= 11 is 3.81. The monoisotopic (exact) mass is 558 g/mol. The number of carboxylic acid groups (broad SMARTS) is 1. The van der Waals surface area contributed by atoms with E-state index in [2.05, 4.69) is 15.5 Å². The quantitative estimate of drug-likeness (QED) is 0.122. The molecule has 0 aromatic carbocycles. The van der Waals surface area contributed by atoms with Crippen molar-refractivity contribution >= 4 is 79.4 Å². The lowest BCUT2D eigenvalue weighted by molar-refractivity contribution is -0.687. The Morgan fingerprint density at radius 3 is 2.95 bits per heavy atom. The predicted octanol–water partition coefficient (Wildman–Crippen LogP) is -0.505. The number of hydrogen-bond acceptors (Lipinski definition) is 12. The van der Waals surface area contributed by atoms with Gasteiger partial charge in [-0.1, -0.05) is 5.16 Å². The largest absolute Gasteiger partial charge is 0.543 e. The minimum atomic E-state index is -1.47. The van der Waals surface area contributed by atoms with Crippen molar-refractivity contribution in [2.24, 2.45) is 5.16 Å². The van der Waals surface area contributed by atoms with E-state index in [1.807, 2.05) is 12.3 Å². The van der Waals surface area contributed by atoms with Crippen LogP contribution in [0.1, 0.15) is 15.4 Å². The fourth-order valence-electron chi connectivity index (χ4n) is 4.13. The molecule has 2 aliphatic heterocycles. The van der Waals surface area contributed by atoms with Crippen LogP contribution in [0, 0.1) is 0 Å². The van der Waals surface area contributed by atoms with Gasteiger partial charge in [-0.15, -0.1) is 34.4 Å². The number of amides is 2. The molecule has 37 heavy (non-hydrogen) atoms. The number of thiazole rings is 1. The van der Waals surface area contributed by atoms with E-state index in [0.29, 0.717) is 16.2 Å². The lowest BCUT2D eigenvalue weighted by Crippen LogP contribution is -2.71. The maximum absolute atomic E-state index is 13.0. The summed E-state index contributed by atoms with van der Waals surface area (Å²) in [7, 11) is 1.27. The van der Waals surface area contributed by atoms with Crippen LogP contribution in [0.5, 0.6) is 0 Å². The van der Waals surface area contributed by atoms with Gasteiger partial charge in [0.1, 0.15) is 24.2 Å². The van der Waals surface area contributed by atoms with E-state index < -0.39 is 29.2 Å². The highest BCUT2D eigenvalue weighted by Gasteiger charge is 2.53. The number of carbonyl (C=O) groups excluding carboxylic acids is 4. The number of thiophene rings is 1. The third-order valence-electron chi connectivity index (χ3n) is 5.71. The molecular weight excluding hydrogens is 540 g/mol. The minimum absolute atomic E-state index is 0.156. The van der Waals surface area contributed by atoms with Crippen LogP contribution in [0.15, 0.2) is 46.3 Å². The van der Waals surface area contributed by atoms with Gasteiger partial charge in [-0.2, -0.15) is 0 Å². The number of aldehydes is 1. The van der Waals surface area contributed by atoms with Crippen molar-refractivity contribution < 1.29 is 33.7 Å². The zero-order chi connectivity index (χ0) is 26.3. The number of carbonyl (C=O) groups is 4. The highest BCUT2D eigenvalue weighted by atomic mass is 32.2. The summed E-state index contributed by atoms with van der Waals surface area (Å²) in [6.07, 6.45) is 4.38. The Balaban J connectivity index is 1.36. The zero-order valence-electron chi connectivity index (χ0n) is 19.1. The number of nitrogens with one attached hydrogen (secondary N) is 1. The fourth-order valence-corrected chi connectivity index (χ4v) is 6.86. The SMILES string of the molecule is CO/N=C(\C(=O)NC1C(=O)N2C(C(=O)[O-])=C(C[n+]3ccc4sc(C=O)cc4c3)CS[C@H]12)c1csc(N)n1. The Bertz CT molecular complexity index is 1510. The molecule has 3 aromatic heterocycles. The number of carboxylic acids is 1. The maximum Gasteiger partial charge on any atom is 0.276 e. The molecule has 0 bridgehead atoms. The van der Waals surface area contributed by atoms with Crippen molar-refractivity contribution in [2.45, 2.75) is 18.0 Å². The molecule has 15 heteroatoms. The molecule has 5 heterocycles. The first-order chi connectivity index (χ1) is 17.8. The first-order valence-corrected chi connectivity index (χ1v) is 13.4. The second-order valence-corrected chi connectivity index (χ2v) is 11.1. The molecule has 190 valence electrons. The molecule has 2 aliphatic rings. The van der Waals surface area contributed by atoms with Crippen molar-refractivity contribution in [3.63, 3.8) is 0 Å². The topological polar surface area (TPSA) is 171 Å². The molecule has 0 radical (unpaired) electrons. The van der Waals surface area contributed by atoms with Gasteiger partial charge >= 0.3 is 0 Å². The summed E-state index contributed by atoms with van der Waals surface area (Å²) in [6, 6.07) is 2.64. The Labute approximate surface area is 221 Å². The summed E-state index contributed by atoms with van der Waals surface area (Å²) in [5, 5.41) is 20.4. The summed E-state index contributed by atoms with van der Waals surface area (Å²) in [5.74, 6) is -2.45. The number of anilines is 1. The van der Waals surface area contributed by atoms with Gasteiger partial charge in [-0.05, 0) is 6.07 Å². The van der Waals surface area contributed by atoms with Crippen LogP contribution in [0.2, 0.25) is 0 Å². The van der Waals surface area contributed by atoms with Crippen LogP contribution in [-0.4, -0.2) is 63.9 Å². The van der Waals surface area contributed by atoms with Gasteiger partial charge in [0.2, 0.25) is 0 Å². The third kappa shape index (κ3) is 4.56. The lowest BCUT2D eigenvalue weighted by atomic mass is 10.0. The molecule has 1 saturated heterocycles. The van der Waals surface area contributed by atoms with Crippen LogP contribution < -0.4 is 20.7 Å². The summed E-state index contributed by atoms with van der Waals surface area (Å²) in [5.41, 5.74) is 5.97. The number of pyridine rings is 1. The molecule has 2 atom stereocenters. The molecule has 0 saturated carbocycles. The molecule has 3 N–H and O–H groups in total. The molecule has 2 amide bonds. The van der Waals surface area contributed by atoms with E-state index >= 15 is 0 Å². The van der Waals surface area contributed by atoms with E-state index in [1.54, 1.807) is 16.8 Å². The summed E-state index contributed by atoms with van der Waals surface area (Å²) in [6.45, 7) is 0.210. The first kappa shape index (κ1) is 24.9. The van der Waals surface area contributed by atoms with Crippen LogP contribution >= 0.6 is 34.4 Å². The van der Waals surface area contributed by atoms with Crippen molar-refractivity contribution in [2.75, 3.05) is 18.6 Å². The molecule has 3 aromatic rings. The average Bonchev–Trinajstić information content (AvgIpc) is 3.50. The molecule has 0 aliphatic carbocycles.